The van der Waals surface area contributed by atoms with Gasteiger partial charge in [0.05, 0.1) is 0 Å². The van der Waals surface area contributed by atoms with Crippen LogP contribution < -0.4 is 5.73 Å². The molecule has 1 aliphatic rings. The Morgan fingerprint density at radius 2 is 1.94 bits per heavy atom. The summed E-state index contributed by atoms with van der Waals surface area (Å²) in [7, 11) is 0. The number of rotatable bonds is 3. The zero-order valence-electron chi connectivity index (χ0n) is 11.2. The standard InChI is InChI=1S/C16H25N/c1-3-13-8-7-9-14(12-13)15(17)16(2)10-5-4-6-11-16/h7-9,12,15H,3-6,10-11,17H2,1-2H3. The van der Waals surface area contributed by atoms with Crippen LogP contribution in [0.1, 0.15) is 63.1 Å². The molecular formula is C16H25N. The summed E-state index contributed by atoms with van der Waals surface area (Å²) in [4.78, 5) is 0. The largest absolute Gasteiger partial charge is 0.323 e. The lowest BCUT2D eigenvalue weighted by molar-refractivity contribution is 0.170. The highest BCUT2D eigenvalue weighted by Crippen LogP contribution is 2.44. The fourth-order valence-corrected chi connectivity index (χ4v) is 3.08. The summed E-state index contributed by atoms with van der Waals surface area (Å²) in [6, 6.07) is 9.04. The topological polar surface area (TPSA) is 26.0 Å². The lowest BCUT2D eigenvalue weighted by Crippen LogP contribution is -2.33. The van der Waals surface area contributed by atoms with E-state index in [0.29, 0.717) is 5.41 Å². The van der Waals surface area contributed by atoms with Gasteiger partial charge >= 0.3 is 0 Å². The van der Waals surface area contributed by atoms with Gasteiger partial charge in [0.15, 0.2) is 0 Å². The second-order valence-corrected chi connectivity index (χ2v) is 5.79. The summed E-state index contributed by atoms with van der Waals surface area (Å²) in [6.45, 7) is 4.57. The van der Waals surface area contributed by atoms with E-state index in [4.69, 9.17) is 5.73 Å². The van der Waals surface area contributed by atoms with Gasteiger partial charge in [0.1, 0.15) is 0 Å². The van der Waals surface area contributed by atoms with E-state index in [1.54, 1.807) is 0 Å². The van der Waals surface area contributed by atoms with Gasteiger partial charge in [-0.2, -0.15) is 0 Å². The SMILES string of the molecule is CCc1cccc(C(N)C2(C)CCCCC2)c1. The Hall–Kier alpha value is -0.820. The molecule has 1 aliphatic carbocycles. The summed E-state index contributed by atoms with van der Waals surface area (Å²) in [5, 5.41) is 0. The molecule has 0 aromatic heterocycles. The molecule has 17 heavy (non-hydrogen) atoms. The van der Waals surface area contributed by atoms with Gasteiger partial charge in [-0.1, -0.05) is 57.4 Å². The Bertz CT molecular complexity index is 364. The second kappa shape index (κ2) is 5.22. The molecule has 0 spiro atoms. The smallest absolute Gasteiger partial charge is 0.0349 e. The van der Waals surface area contributed by atoms with Crippen LogP contribution in [0.15, 0.2) is 24.3 Å². The highest BCUT2D eigenvalue weighted by molar-refractivity contribution is 5.27. The average molecular weight is 231 g/mol. The summed E-state index contributed by atoms with van der Waals surface area (Å²) in [5.41, 5.74) is 9.57. The van der Waals surface area contributed by atoms with Crippen LogP contribution in [0.5, 0.6) is 0 Å². The van der Waals surface area contributed by atoms with Crippen LogP contribution in [0.4, 0.5) is 0 Å². The summed E-state index contributed by atoms with van der Waals surface area (Å²) in [6.07, 6.45) is 7.74. The Kier molecular flexibility index (Phi) is 3.88. The van der Waals surface area contributed by atoms with Crippen molar-refractivity contribution < 1.29 is 0 Å². The predicted octanol–water partition coefficient (Wildman–Crippen LogP) is 4.22. The first-order valence-electron chi connectivity index (χ1n) is 7.00. The molecule has 1 atom stereocenters. The number of aryl methyl sites for hydroxylation is 1. The molecule has 0 saturated heterocycles. The predicted molar refractivity (Wildman–Crippen MR) is 73.9 cm³/mol. The maximum atomic E-state index is 6.53. The lowest BCUT2D eigenvalue weighted by atomic mass is 9.69. The molecule has 2 N–H and O–H groups in total. The Morgan fingerprint density at radius 1 is 1.24 bits per heavy atom. The van der Waals surface area contributed by atoms with Crippen molar-refractivity contribution >= 4 is 0 Å². The van der Waals surface area contributed by atoms with Gasteiger partial charge in [0.2, 0.25) is 0 Å². The van der Waals surface area contributed by atoms with E-state index in [1.165, 1.54) is 43.2 Å². The summed E-state index contributed by atoms with van der Waals surface area (Å²) >= 11 is 0. The lowest BCUT2D eigenvalue weighted by Gasteiger charge is -2.39. The number of benzene rings is 1. The van der Waals surface area contributed by atoms with Gasteiger partial charge in [0.25, 0.3) is 0 Å². The molecule has 1 aromatic rings. The number of hydrogen-bond donors (Lipinski definition) is 1. The molecule has 2 rings (SSSR count). The van der Waals surface area contributed by atoms with E-state index in [1.807, 2.05) is 0 Å². The van der Waals surface area contributed by atoms with E-state index in [9.17, 15) is 0 Å². The third-order valence-corrected chi connectivity index (χ3v) is 4.47. The third-order valence-electron chi connectivity index (χ3n) is 4.47. The number of hydrogen-bond acceptors (Lipinski definition) is 1. The molecule has 94 valence electrons. The monoisotopic (exact) mass is 231 g/mol. The Balaban J connectivity index is 2.19. The third kappa shape index (κ3) is 2.71. The minimum atomic E-state index is 0.203. The maximum absolute atomic E-state index is 6.53. The van der Waals surface area contributed by atoms with E-state index in [2.05, 4.69) is 38.1 Å². The normalized spacial score (nSPS) is 21.1. The molecule has 0 radical (unpaired) electrons. The van der Waals surface area contributed by atoms with Crippen LogP contribution in [0.2, 0.25) is 0 Å². The van der Waals surface area contributed by atoms with E-state index < -0.39 is 0 Å². The van der Waals surface area contributed by atoms with Gasteiger partial charge in [-0.25, -0.2) is 0 Å². The molecule has 1 heteroatoms. The van der Waals surface area contributed by atoms with Crippen LogP contribution in [-0.2, 0) is 6.42 Å². The van der Waals surface area contributed by atoms with Crippen molar-refractivity contribution in [2.75, 3.05) is 0 Å². The van der Waals surface area contributed by atoms with E-state index >= 15 is 0 Å². The highest BCUT2D eigenvalue weighted by Gasteiger charge is 2.33. The molecule has 1 unspecified atom stereocenters. The first kappa shape index (κ1) is 12.6. The van der Waals surface area contributed by atoms with Gasteiger partial charge in [-0.05, 0) is 35.8 Å². The highest BCUT2D eigenvalue weighted by atomic mass is 14.7. The summed E-state index contributed by atoms with van der Waals surface area (Å²) < 4.78 is 0. The molecular weight excluding hydrogens is 206 g/mol. The molecule has 1 fully saturated rings. The molecule has 1 saturated carbocycles. The van der Waals surface area contributed by atoms with Gasteiger partial charge in [-0.3, -0.25) is 0 Å². The van der Waals surface area contributed by atoms with E-state index in [0.717, 1.165) is 6.42 Å². The van der Waals surface area contributed by atoms with Gasteiger partial charge in [-0.15, -0.1) is 0 Å². The molecule has 0 heterocycles. The van der Waals surface area contributed by atoms with Crippen LogP contribution in [0, 0.1) is 5.41 Å². The quantitative estimate of drug-likeness (QED) is 0.828. The van der Waals surface area contributed by atoms with Crippen molar-refractivity contribution in [1.82, 2.24) is 0 Å². The van der Waals surface area contributed by atoms with Crippen molar-refractivity contribution in [3.63, 3.8) is 0 Å². The average Bonchev–Trinajstić information content (AvgIpc) is 2.39. The molecule has 0 bridgehead atoms. The van der Waals surface area contributed by atoms with E-state index in [-0.39, 0.29) is 6.04 Å². The van der Waals surface area contributed by atoms with Crippen molar-refractivity contribution in [1.29, 1.82) is 0 Å². The molecule has 1 aromatic carbocycles. The minimum absolute atomic E-state index is 0.203. The van der Waals surface area contributed by atoms with Crippen molar-refractivity contribution in [3.05, 3.63) is 35.4 Å². The minimum Gasteiger partial charge on any atom is -0.323 e. The second-order valence-electron chi connectivity index (χ2n) is 5.79. The Labute approximate surface area is 105 Å². The first-order valence-corrected chi connectivity index (χ1v) is 7.00. The summed E-state index contributed by atoms with van der Waals surface area (Å²) in [5.74, 6) is 0. The molecule has 0 amide bonds. The maximum Gasteiger partial charge on any atom is 0.0349 e. The fourth-order valence-electron chi connectivity index (χ4n) is 3.08. The molecule has 0 aliphatic heterocycles. The first-order chi connectivity index (χ1) is 8.15. The van der Waals surface area contributed by atoms with Crippen molar-refractivity contribution in [2.45, 2.75) is 58.4 Å². The van der Waals surface area contributed by atoms with Crippen molar-refractivity contribution in [2.24, 2.45) is 11.1 Å². The zero-order valence-corrected chi connectivity index (χ0v) is 11.2. The molecule has 1 nitrogen and oxygen atoms in total. The van der Waals surface area contributed by atoms with Crippen LogP contribution >= 0.6 is 0 Å². The Morgan fingerprint density at radius 3 is 2.59 bits per heavy atom. The van der Waals surface area contributed by atoms with Gasteiger partial charge < -0.3 is 5.73 Å². The van der Waals surface area contributed by atoms with Crippen LogP contribution in [-0.4, -0.2) is 0 Å². The zero-order chi connectivity index (χ0) is 12.3. The van der Waals surface area contributed by atoms with Gasteiger partial charge in [0, 0.05) is 6.04 Å². The number of nitrogens with two attached hydrogens (primary N) is 1. The fraction of sp³-hybridized carbons (Fsp3) is 0.625. The van der Waals surface area contributed by atoms with Crippen LogP contribution in [0.3, 0.4) is 0 Å². The van der Waals surface area contributed by atoms with Crippen LogP contribution in [0.25, 0.3) is 0 Å². The van der Waals surface area contributed by atoms with Crippen molar-refractivity contribution in [3.8, 4) is 0 Å².